The maximum Gasteiger partial charge on any atom is 0.389 e. The van der Waals surface area contributed by atoms with E-state index in [1.165, 1.54) is 12.1 Å². The van der Waals surface area contributed by atoms with Gasteiger partial charge < -0.3 is 10.4 Å². The summed E-state index contributed by atoms with van der Waals surface area (Å²) < 4.78 is 37.5. The fourth-order valence-corrected chi connectivity index (χ4v) is 2.55. The molecule has 0 aliphatic carbocycles. The number of aromatic hydroxyl groups is 1. The molecular formula is C14H19F3N2O. The summed E-state index contributed by atoms with van der Waals surface area (Å²) in [7, 11) is 0. The number of benzene rings is 1. The molecule has 1 aromatic rings. The van der Waals surface area contributed by atoms with Crippen LogP contribution in [-0.2, 0) is 0 Å². The molecule has 0 saturated carbocycles. The lowest BCUT2D eigenvalue weighted by atomic mass is 9.99. The van der Waals surface area contributed by atoms with Crippen molar-refractivity contribution in [2.75, 3.05) is 26.2 Å². The minimum Gasteiger partial charge on any atom is -0.508 e. The minimum atomic E-state index is -4.14. The summed E-state index contributed by atoms with van der Waals surface area (Å²) in [6.45, 7) is 3.06. The largest absolute Gasteiger partial charge is 0.508 e. The van der Waals surface area contributed by atoms with E-state index in [1.54, 1.807) is 12.1 Å². The van der Waals surface area contributed by atoms with Gasteiger partial charge in [-0.3, -0.25) is 4.90 Å². The van der Waals surface area contributed by atoms with E-state index in [0.29, 0.717) is 0 Å². The van der Waals surface area contributed by atoms with E-state index in [-0.39, 0.29) is 18.2 Å². The Kier molecular flexibility index (Phi) is 4.88. The minimum absolute atomic E-state index is 0.0499. The van der Waals surface area contributed by atoms with Crippen LogP contribution < -0.4 is 5.32 Å². The van der Waals surface area contributed by atoms with Crippen LogP contribution in [-0.4, -0.2) is 42.4 Å². The highest BCUT2D eigenvalue weighted by atomic mass is 19.4. The fraction of sp³-hybridized carbons (Fsp3) is 0.571. The molecule has 3 nitrogen and oxygen atoms in total. The van der Waals surface area contributed by atoms with Crippen molar-refractivity contribution in [3.8, 4) is 5.75 Å². The zero-order chi connectivity index (χ0) is 14.6. The van der Waals surface area contributed by atoms with Gasteiger partial charge in [0.15, 0.2) is 0 Å². The molecule has 20 heavy (non-hydrogen) atoms. The van der Waals surface area contributed by atoms with Crippen molar-refractivity contribution in [1.29, 1.82) is 0 Å². The molecule has 0 aromatic heterocycles. The number of alkyl halides is 3. The topological polar surface area (TPSA) is 35.5 Å². The molecule has 112 valence electrons. The van der Waals surface area contributed by atoms with Crippen LogP contribution in [0.15, 0.2) is 24.3 Å². The third kappa shape index (κ3) is 4.38. The standard InChI is InChI=1S/C14H19F3N2O/c15-14(16,17)6-5-13(19-9-7-18-8-10-19)11-1-3-12(20)4-2-11/h1-4,13,18,20H,5-10H2/t13-/m1/s1. The zero-order valence-corrected chi connectivity index (χ0v) is 11.2. The van der Waals surface area contributed by atoms with Crippen molar-refractivity contribution in [2.45, 2.75) is 25.1 Å². The lowest BCUT2D eigenvalue weighted by molar-refractivity contribution is -0.138. The average Bonchev–Trinajstić information content (AvgIpc) is 2.41. The van der Waals surface area contributed by atoms with Gasteiger partial charge in [0.2, 0.25) is 0 Å². The summed E-state index contributed by atoms with van der Waals surface area (Å²) in [5, 5.41) is 12.5. The number of hydrogen-bond acceptors (Lipinski definition) is 3. The van der Waals surface area contributed by atoms with E-state index < -0.39 is 12.6 Å². The third-order valence-electron chi connectivity index (χ3n) is 3.57. The number of nitrogens with one attached hydrogen (secondary N) is 1. The van der Waals surface area contributed by atoms with E-state index in [4.69, 9.17) is 0 Å². The van der Waals surface area contributed by atoms with Crippen LogP contribution in [0.2, 0.25) is 0 Å². The molecule has 0 unspecified atom stereocenters. The lowest BCUT2D eigenvalue weighted by Crippen LogP contribution is -2.45. The van der Waals surface area contributed by atoms with Crippen molar-refractivity contribution >= 4 is 0 Å². The Hall–Kier alpha value is -1.27. The quantitative estimate of drug-likeness (QED) is 0.894. The van der Waals surface area contributed by atoms with Crippen molar-refractivity contribution in [2.24, 2.45) is 0 Å². The molecular weight excluding hydrogens is 269 g/mol. The summed E-state index contributed by atoms with van der Waals surface area (Å²) in [4.78, 5) is 2.08. The Balaban J connectivity index is 2.12. The second-order valence-electron chi connectivity index (χ2n) is 5.05. The number of hydrogen-bond donors (Lipinski definition) is 2. The Bertz CT molecular complexity index is 413. The maximum atomic E-state index is 12.5. The number of phenolic OH excluding ortho intramolecular Hbond substituents is 1. The molecule has 0 spiro atoms. The Labute approximate surface area is 116 Å². The molecule has 1 aliphatic heterocycles. The van der Waals surface area contributed by atoms with Gasteiger partial charge in [-0.15, -0.1) is 0 Å². The van der Waals surface area contributed by atoms with Gasteiger partial charge in [0, 0.05) is 38.6 Å². The van der Waals surface area contributed by atoms with Gasteiger partial charge in [0.1, 0.15) is 5.75 Å². The molecule has 2 N–H and O–H groups in total. The van der Waals surface area contributed by atoms with Gasteiger partial charge in [-0.05, 0) is 24.1 Å². The van der Waals surface area contributed by atoms with Crippen LogP contribution in [0.1, 0.15) is 24.4 Å². The molecule has 6 heteroatoms. The van der Waals surface area contributed by atoms with E-state index in [2.05, 4.69) is 10.2 Å². The maximum absolute atomic E-state index is 12.5. The number of nitrogens with zero attached hydrogens (tertiary/aromatic N) is 1. The summed E-state index contributed by atoms with van der Waals surface area (Å²) in [6.07, 6.45) is -4.88. The Morgan fingerprint density at radius 1 is 1.15 bits per heavy atom. The Morgan fingerprint density at radius 2 is 1.75 bits per heavy atom. The number of halogens is 3. The van der Waals surface area contributed by atoms with Gasteiger partial charge in [0.25, 0.3) is 0 Å². The first kappa shape index (κ1) is 15.1. The highest BCUT2D eigenvalue weighted by molar-refractivity contribution is 5.28. The van der Waals surface area contributed by atoms with Crippen LogP contribution >= 0.6 is 0 Å². The molecule has 1 aromatic carbocycles. The second kappa shape index (κ2) is 6.45. The molecule has 1 saturated heterocycles. The monoisotopic (exact) mass is 288 g/mol. The van der Waals surface area contributed by atoms with Crippen LogP contribution in [0.3, 0.4) is 0 Å². The summed E-state index contributed by atoms with van der Waals surface area (Å²) in [5.41, 5.74) is 0.828. The predicted molar refractivity (Wildman–Crippen MR) is 70.6 cm³/mol. The van der Waals surface area contributed by atoms with E-state index in [9.17, 15) is 18.3 Å². The second-order valence-corrected chi connectivity index (χ2v) is 5.05. The highest BCUT2D eigenvalue weighted by Gasteiger charge is 2.31. The zero-order valence-electron chi connectivity index (χ0n) is 11.2. The number of phenols is 1. The summed E-state index contributed by atoms with van der Waals surface area (Å²) >= 11 is 0. The van der Waals surface area contributed by atoms with E-state index in [0.717, 1.165) is 31.7 Å². The molecule has 1 fully saturated rings. The lowest BCUT2D eigenvalue weighted by Gasteiger charge is -2.35. The van der Waals surface area contributed by atoms with Crippen molar-refractivity contribution < 1.29 is 18.3 Å². The molecule has 1 heterocycles. The van der Waals surface area contributed by atoms with Crippen molar-refractivity contribution in [1.82, 2.24) is 10.2 Å². The van der Waals surface area contributed by atoms with Crippen molar-refractivity contribution in [3.05, 3.63) is 29.8 Å². The van der Waals surface area contributed by atoms with Gasteiger partial charge in [0.05, 0.1) is 0 Å². The van der Waals surface area contributed by atoms with Gasteiger partial charge in [-0.2, -0.15) is 13.2 Å². The van der Waals surface area contributed by atoms with E-state index in [1.807, 2.05) is 0 Å². The van der Waals surface area contributed by atoms with Crippen LogP contribution in [0.25, 0.3) is 0 Å². The summed E-state index contributed by atoms with van der Waals surface area (Å²) in [6, 6.07) is 6.21. The fourth-order valence-electron chi connectivity index (χ4n) is 2.55. The number of piperazine rings is 1. The van der Waals surface area contributed by atoms with Crippen LogP contribution in [0, 0.1) is 0 Å². The van der Waals surface area contributed by atoms with Crippen LogP contribution in [0.5, 0.6) is 5.75 Å². The third-order valence-corrected chi connectivity index (χ3v) is 3.57. The highest BCUT2D eigenvalue weighted by Crippen LogP contribution is 2.32. The van der Waals surface area contributed by atoms with Gasteiger partial charge >= 0.3 is 6.18 Å². The van der Waals surface area contributed by atoms with E-state index >= 15 is 0 Å². The predicted octanol–water partition coefficient (Wildman–Crippen LogP) is 2.68. The van der Waals surface area contributed by atoms with Crippen molar-refractivity contribution in [3.63, 3.8) is 0 Å². The first-order valence-corrected chi connectivity index (χ1v) is 6.76. The van der Waals surface area contributed by atoms with Gasteiger partial charge in [-0.1, -0.05) is 12.1 Å². The van der Waals surface area contributed by atoms with Crippen LogP contribution in [0.4, 0.5) is 13.2 Å². The first-order chi connectivity index (χ1) is 9.46. The molecule has 1 atom stereocenters. The molecule has 2 rings (SSSR count). The number of rotatable bonds is 4. The SMILES string of the molecule is Oc1ccc([C@@H](CCC(F)(F)F)N2CCNCC2)cc1. The summed E-state index contributed by atoms with van der Waals surface area (Å²) in [5.74, 6) is 0.128. The molecule has 1 aliphatic rings. The molecule has 0 amide bonds. The first-order valence-electron chi connectivity index (χ1n) is 6.76. The molecule has 0 bridgehead atoms. The molecule has 0 radical (unpaired) electrons. The average molecular weight is 288 g/mol. The van der Waals surface area contributed by atoms with Gasteiger partial charge in [-0.25, -0.2) is 0 Å². The smallest absolute Gasteiger partial charge is 0.389 e. The normalized spacial score (nSPS) is 18.9. The Morgan fingerprint density at radius 3 is 2.30 bits per heavy atom.